The van der Waals surface area contributed by atoms with E-state index in [4.69, 9.17) is 4.74 Å². The molecule has 0 radical (unpaired) electrons. The summed E-state index contributed by atoms with van der Waals surface area (Å²) in [5.74, 6) is 0. The fraction of sp³-hybridized carbons (Fsp3) is 0.923. The number of urea groups is 1. The molecule has 0 aliphatic heterocycles. The van der Waals surface area contributed by atoms with E-state index < -0.39 is 0 Å². The predicted molar refractivity (Wildman–Crippen MR) is 69.1 cm³/mol. The first kappa shape index (κ1) is 14.3. The van der Waals surface area contributed by atoms with Gasteiger partial charge in [-0.25, -0.2) is 4.79 Å². The molecule has 1 aliphatic carbocycles. The second-order valence-corrected chi connectivity index (χ2v) is 5.18. The van der Waals surface area contributed by atoms with Gasteiger partial charge in [-0.15, -0.1) is 0 Å². The van der Waals surface area contributed by atoms with Crippen molar-refractivity contribution < 1.29 is 9.53 Å². The monoisotopic (exact) mass is 242 g/mol. The van der Waals surface area contributed by atoms with Crippen molar-refractivity contribution in [3.63, 3.8) is 0 Å². The molecule has 1 saturated carbocycles. The van der Waals surface area contributed by atoms with Crippen LogP contribution in [-0.2, 0) is 4.74 Å². The summed E-state index contributed by atoms with van der Waals surface area (Å²) in [5, 5.41) is 3.10. The van der Waals surface area contributed by atoms with Crippen LogP contribution in [0.5, 0.6) is 0 Å². The van der Waals surface area contributed by atoms with E-state index in [1.165, 1.54) is 0 Å². The highest BCUT2D eigenvalue weighted by molar-refractivity contribution is 5.74. The van der Waals surface area contributed by atoms with Crippen molar-refractivity contribution >= 4 is 6.03 Å². The highest BCUT2D eigenvalue weighted by Gasteiger charge is 2.49. The molecule has 2 atom stereocenters. The Labute approximate surface area is 105 Å². The Morgan fingerprint density at radius 1 is 1.35 bits per heavy atom. The molecule has 2 amide bonds. The van der Waals surface area contributed by atoms with Crippen molar-refractivity contribution in [3.8, 4) is 0 Å². The second-order valence-electron chi connectivity index (χ2n) is 5.18. The van der Waals surface area contributed by atoms with Gasteiger partial charge >= 0.3 is 6.03 Å². The van der Waals surface area contributed by atoms with E-state index in [-0.39, 0.29) is 23.6 Å². The van der Waals surface area contributed by atoms with Gasteiger partial charge in [0.15, 0.2) is 0 Å². The molecule has 17 heavy (non-hydrogen) atoms. The predicted octanol–water partition coefficient (Wildman–Crippen LogP) is 2.24. The van der Waals surface area contributed by atoms with Crippen molar-refractivity contribution in [1.29, 1.82) is 0 Å². The molecule has 0 saturated heterocycles. The van der Waals surface area contributed by atoms with Gasteiger partial charge in [-0.3, -0.25) is 0 Å². The molecular formula is C13H26N2O2. The smallest absolute Gasteiger partial charge is 0.317 e. The number of amides is 2. The number of carbonyl (C=O) groups excluding carboxylic acids is 1. The van der Waals surface area contributed by atoms with Crippen LogP contribution in [0.1, 0.15) is 41.0 Å². The molecule has 0 spiro atoms. The van der Waals surface area contributed by atoms with E-state index >= 15 is 0 Å². The standard InChI is InChI=1S/C13H26N2O2/c1-6-15(7-2)12(16)14-10-9-11(17-8-3)13(10,4)5/h10-11H,6-9H2,1-5H3,(H,14,16). The van der Waals surface area contributed by atoms with Crippen LogP contribution in [0, 0.1) is 5.41 Å². The normalized spacial score (nSPS) is 26.2. The third kappa shape index (κ3) is 2.92. The highest BCUT2D eigenvalue weighted by Crippen LogP contribution is 2.42. The third-order valence-corrected chi connectivity index (χ3v) is 3.89. The third-order valence-electron chi connectivity index (χ3n) is 3.89. The lowest BCUT2D eigenvalue weighted by molar-refractivity contribution is -0.111. The van der Waals surface area contributed by atoms with Crippen LogP contribution >= 0.6 is 0 Å². The van der Waals surface area contributed by atoms with E-state index in [2.05, 4.69) is 19.2 Å². The maximum Gasteiger partial charge on any atom is 0.317 e. The quantitative estimate of drug-likeness (QED) is 0.803. The molecule has 0 aromatic rings. The molecule has 0 bridgehead atoms. The van der Waals surface area contributed by atoms with E-state index in [1.807, 2.05) is 25.7 Å². The van der Waals surface area contributed by atoms with Crippen LogP contribution < -0.4 is 5.32 Å². The average molecular weight is 242 g/mol. The summed E-state index contributed by atoms with van der Waals surface area (Å²) in [6.07, 6.45) is 1.20. The van der Waals surface area contributed by atoms with Crippen molar-refractivity contribution in [3.05, 3.63) is 0 Å². The zero-order chi connectivity index (χ0) is 13.1. The molecule has 0 aromatic heterocycles. The first-order chi connectivity index (χ1) is 7.97. The molecule has 1 rings (SSSR count). The number of hydrogen-bond donors (Lipinski definition) is 1. The zero-order valence-corrected chi connectivity index (χ0v) is 11.7. The van der Waals surface area contributed by atoms with Gasteiger partial charge in [0.25, 0.3) is 0 Å². The highest BCUT2D eigenvalue weighted by atomic mass is 16.5. The van der Waals surface area contributed by atoms with Crippen LogP contribution in [0.2, 0.25) is 0 Å². The minimum atomic E-state index is 0.0405. The molecule has 2 unspecified atom stereocenters. The van der Waals surface area contributed by atoms with Gasteiger partial charge in [0.05, 0.1) is 6.10 Å². The number of nitrogens with zero attached hydrogens (tertiary/aromatic N) is 1. The van der Waals surface area contributed by atoms with Crippen molar-refractivity contribution in [2.75, 3.05) is 19.7 Å². The lowest BCUT2D eigenvalue weighted by Gasteiger charge is -2.51. The molecule has 0 aromatic carbocycles. The largest absolute Gasteiger partial charge is 0.378 e. The summed E-state index contributed by atoms with van der Waals surface area (Å²) in [6, 6.07) is 0.273. The molecule has 4 nitrogen and oxygen atoms in total. The summed E-state index contributed by atoms with van der Waals surface area (Å²) in [6.45, 7) is 12.6. The van der Waals surface area contributed by atoms with Crippen molar-refractivity contribution in [2.45, 2.75) is 53.2 Å². The van der Waals surface area contributed by atoms with Gasteiger partial charge in [0.2, 0.25) is 0 Å². The van der Waals surface area contributed by atoms with Gasteiger partial charge in [-0.1, -0.05) is 13.8 Å². The second kappa shape index (κ2) is 5.71. The van der Waals surface area contributed by atoms with Crippen molar-refractivity contribution in [1.82, 2.24) is 10.2 Å². The first-order valence-corrected chi connectivity index (χ1v) is 6.64. The Hall–Kier alpha value is -0.770. The number of rotatable bonds is 5. The number of nitrogens with one attached hydrogen (secondary N) is 1. The van der Waals surface area contributed by atoms with Crippen LogP contribution in [0.3, 0.4) is 0 Å². The number of ether oxygens (including phenoxy) is 1. The van der Waals surface area contributed by atoms with Gasteiger partial charge in [0.1, 0.15) is 0 Å². The van der Waals surface area contributed by atoms with E-state index in [9.17, 15) is 4.79 Å². The van der Waals surface area contributed by atoms with E-state index in [0.29, 0.717) is 0 Å². The molecule has 1 N–H and O–H groups in total. The fourth-order valence-electron chi connectivity index (χ4n) is 2.37. The van der Waals surface area contributed by atoms with Crippen LogP contribution in [0.15, 0.2) is 0 Å². The minimum absolute atomic E-state index is 0.0405. The van der Waals surface area contributed by atoms with Crippen molar-refractivity contribution in [2.24, 2.45) is 5.41 Å². The lowest BCUT2D eigenvalue weighted by Crippen LogP contribution is -2.63. The molecular weight excluding hydrogens is 216 g/mol. The summed E-state index contributed by atoms with van der Waals surface area (Å²) in [4.78, 5) is 13.7. The molecule has 1 aliphatic rings. The Morgan fingerprint density at radius 2 is 1.94 bits per heavy atom. The number of carbonyl (C=O) groups is 1. The zero-order valence-electron chi connectivity index (χ0n) is 11.7. The fourth-order valence-corrected chi connectivity index (χ4v) is 2.37. The Morgan fingerprint density at radius 3 is 2.35 bits per heavy atom. The van der Waals surface area contributed by atoms with Gasteiger partial charge in [-0.2, -0.15) is 0 Å². The summed E-state index contributed by atoms with van der Waals surface area (Å²) >= 11 is 0. The summed E-state index contributed by atoms with van der Waals surface area (Å²) < 4.78 is 5.65. The number of hydrogen-bond acceptors (Lipinski definition) is 2. The first-order valence-electron chi connectivity index (χ1n) is 6.64. The van der Waals surface area contributed by atoms with Crippen LogP contribution in [0.4, 0.5) is 4.79 Å². The van der Waals surface area contributed by atoms with Gasteiger partial charge in [0, 0.05) is 31.2 Å². The Bertz CT molecular complexity index is 262. The van der Waals surface area contributed by atoms with Gasteiger partial charge < -0.3 is 15.0 Å². The van der Waals surface area contributed by atoms with Gasteiger partial charge in [-0.05, 0) is 27.2 Å². The summed E-state index contributed by atoms with van der Waals surface area (Å²) in [5.41, 5.74) is 0.0405. The molecule has 4 heteroatoms. The molecule has 0 heterocycles. The molecule has 1 fully saturated rings. The molecule has 100 valence electrons. The topological polar surface area (TPSA) is 41.6 Å². The minimum Gasteiger partial charge on any atom is -0.378 e. The SMILES string of the molecule is CCOC1CC(NC(=O)N(CC)CC)C1(C)C. The van der Waals surface area contributed by atoms with Crippen LogP contribution in [0.25, 0.3) is 0 Å². The lowest BCUT2D eigenvalue weighted by atomic mass is 9.64. The maximum atomic E-state index is 11.9. The Balaban J connectivity index is 2.47. The maximum absolute atomic E-state index is 11.9. The average Bonchev–Trinajstić information content (AvgIpc) is 2.29. The Kier molecular flexibility index (Phi) is 4.80. The van der Waals surface area contributed by atoms with E-state index in [1.54, 1.807) is 0 Å². The van der Waals surface area contributed by atoms with Crippen LogP contribution in [-0.4, -0.2) is 42.8 Å². The van der Waals surface area contributed by atoms with E-state index in [0.717, 1.165) is 26.1 Å². The summed E-state index contributed by atoms with van der Waals surface area (Å²) in [7, 11) is 0.